The van der Waals surface area contributed by atoms with E-state index >= 15 is 0 Å². The maximum Gasteiger partial charge on any atom is 0.232 e. The number of benzene rings is 1. The molecule has 1 aliphatic heterocycles. The summed E-state index contributed by atoms with van der Waals surface area (Å²) in [5.74, 6) is 1.56. The first-order chi connectivity index (χ1) is 10.7. The first kappa shape index (κ1) is 19.0. The lowest BCUT2D eigenvalue weighted by atomic mass is 9.67. The van der Waals surface area contributed by atoms with E-state index in [1.165, 1.54) is 12.8 Å². The molecule has 132 valence electrons. The number of anilines is 1. The fourth-order valence-corrected chi connectivity index (χ4v) is 4.16. The Morgan fingerprint density at radius 2 is 2.17 bits per heavy atom. The molecule has 2 atom stereocenters. The molecule has 2 aromatic rings. The topological polar surface area (TPSA) is 69.8 Å². The third-order valence-electron chi connectivity index (χ3n) is 5.35. The molecule has 1 saturated heterocycles. The van der Waals surface area contributed by atoms with Gasteiger partial charge >= 0.3 is 0 Å². The Labute approximate surface area is 154 Å². The molecule has 7 heteroatoms. The fraction of sp³-hybridized carbons (Fsp3) is 0.529. The smallest absolute Gasteiger partial charge is 0.232 e. The summed E-state index contributed by atoms with van der Waals surface area (Å²) in [6.07, 6.45) is 4.58. The van der Waals surface area contributed by atoms with Gasteiger partial charge in [0.2, 0.25) is 5.91 Å². The molecule has 24 heavy (non-hydrogen) atoms. The number of nitrogens with one attached hydrogen (secondary N) is 3. The van der Waals surface area contributed by atoms with Gasteiger partial charge in [-0.3, -0.25) is 4.79 Å². The maximum absolute atomic E-state index is 12.9. The second kappa shape index (κ2) is 7.30. The molecule has 0 spiro atoms. The zero-order valence-electron chi connectivity index (χ0n) is 13.7. The predicted molar refractivity (Wildman–Crippen MR) is 101 cm³/mol. The average Bonchev–Trinajstić information content (AvgIpc) is 3.09. The zero-order valence-corrected chi connectivity index (χ0v) is 15.4. The van der Waals surface area contributed by atoms with Crippen LogP contribution in [0, 0.1) is 18.3 Å². The van der Waals surface area contributed by atoms with Crippen LogP contribution in [0.1, 0.15) is 31.5 Å². The van der Waals surface area contributed by atoms with E-state index in [1.54, 1.807) is 0 Å². The van der Waals surface area contributed by atoms with Gasteiger partial charge < -0.3 is 15.6 Å². The summed E-state index contributed by atoms with van der Waals surface area (Å²) >= 11 is 0. The number of amides is 1. The number of hydrogen-bond acceptors (Lipinski definition) is 3. The molecular weight excluding hydrogens is 347 g/mol. The summed E-state index contributed by atoms with van der Waals surface area (Å²) < 4.78 is 0. The summed E-state index contributed by atoms with van der Waals surface area (Å²) in [5, 5.41) is 6.58. The third-order valence-corrected chi connectivity index (χ3v) is 5.35. The molecule has 2 heterocycles. The molecule has 0 radical (unpaired) electrons. The van der Waals surface area contributed by atoms with Crippen LogP contribution < -0.4 is 10.6 Å². The van der Waals surface area contributed by atoms with Crippen LogP contribution in [-0.2, 0) is 4.79 Å². The highest BCUT2D eigenvalue weighted by atomic mass is 35.5. The van der Waals surface area contributed by atoms with Gasteiger partial charge in [-0.15, -0.1) is 24.8 Å². The minimum atomic E-state index is -0.211. The zero-order chi connectivity index (χ0) is 15.2. The van der Waals surface area contributed by atoms with Gasteiger partial charge in [-0.05, 0) is 50.4 Å². The quantitative estimate of drug-likeness (QED) is 0.758. The van der Waals surface area contributed by atoms with Crippen molar-refractivity contribution in [3.05, 3.63) is 24.0 Å². The van der Waals surface area contributed by atoms with Crippen LogP contribution in [0.5, 0.6) is 0 Å². The van der Waals surface area contributed by atoms with E-state index in [0.717, 1.165) is 48.5 Å². The second-order valence-corrected chi connectivity index (χ2v) is 6.74. The Kier molecular flexibility index (Phi) is 5.78. The number of carbonyl (C=O) groups excluding carboxylic acids is 1. The van der Waals surface area contributed by atoms with Gasteiger partial charge in [0.1, 0.15) is 5.82 Å². The number of aryl methyl sites for hydroxylation is 1. The van der Waals surface area contributed by atoms with E-state index in [1.807, 2.05) is 25.1 Å². The third kappa shape index (κ3) is 3.13. The van der Waals surface area contributed by atoms with Crippen LogP contribution >= 0.6 is 24.8 Å². The van der Waals surface area contributed by atoms with E-state index in [-0.39, 0.29) is 36.1 Å². The van der Waals surface area contributed by atoms with Crippen molar-refractivity contribution in [1.82, 2.24) is 15.3 Å². The van der Waals surface area contributed by atoms with Gasteiger partial charge in [-0.2, -0.15) is 0 Å². The van der Waals surface area contributed by atoms with Crippen molar-refractivity contribution in [2.45, 2.75) is 32.6 Å². The van der Waals surface area contributed by atoms with Gasteiger partial charge in [0.25, 0.3) is 0 Å². The SMILES string of the molecule is Cc1nc2ccc(NC(=O)[C@@]34CCCC[C@H]3CNC4)cc2[nH]1.Cl.Cl. The number of imidazole rings is 1. The Morgan fingerprint density at radius 1 is 1.33 bits per heavy atom. The Bertz CT molecular complexity index is 732. The molecule has 0 bridgehead atoms. The first-order valence-electron chi connectivity index (χ1n) is 8.16. The Hall–Kier alpha value is -1.30. The van der Waals surface area contributed by atoms with Crippen LogP contribution in [0.4, 0.5) is 5.69 Å². The van der Waals surface area contributed by atoms with Crippen LogP contribution in [0.2, 0.25) is 0 Å². The van der Waals surface area contributed by atoms with E-state index in [9.17, 15) is 4.79 Å². The van der Waals surface area contributed by atoms with Crippen LogP contribution in [0.25, 0.3) is 11.0 Å². The number of hydrogen-bond donors (Lipinski definition) is 3. The van der Waals surface area contributed by atoms with Gasteiger partial charge in [0.15, 0.2) is 0 Å². The van der Waals surface area contributed by atoms with Gasteiger partial charge in [0.05, 0.1) is 16.4 Å². The molecule has 1 amide bonds. The number of H-pyrrole nitrogens is 1. The summed E-state index contributed by atoms with van der Waals surface area (Å²) in [5.41, 5.74) is 2.55. The van der Waals surface area contributed by atoms with Crippen molar-refractivity contribution in [2.75, 3.05) is 18.4 Å². The van der Waals surface area contributed by atoms with Crippen LogP contribution in [-0.4, -0.2) is 29.0 Å². The number of halogens is 2. The lowest BCUT2D eigenvalue weighted by molar-refractivity contribution is -0.128. The molecule has 5 nitrogen and oxygen atoms in total. The monoisotopic (exact) mass is 370 g/mol. The number of nitrogens with zero attached hydrogens (tertiary/aromatic N) is 1. The molecule has 2 fully saturated rings. The van der Waals surface area contributed by atoms with Crippen molar-refractivity contribution in [3.8, 4) is 0 Å². The highest BCUT2D eigenvalue weighted by molar-refractivity contribution is 5.97. The molecule has 1 aromatic heterocycles. The molecule has 3 N–H and O–H groups in total. The lowest BCUT2D eigenvalue weighted by Crippen LogP contribution is -2.44. The molecule has 1 aromatic carbocycles. The van der Waals surface area contributed by atoms with Crippen LogP contribution in [0.3, 0.4) is 0 Å². The molecule has 1 aliphatic carbocycles. The number of fused-ring (bicyclic) bond motifs is 2. The van der Waals surface area contributed by atoms with E-state index < -0.39 is 0 Å². The summed E-state index contributed by atoms with van der Waals surface area (Å²) in [7, 11) is 0. The second-order valence-electron chi connectivity index (χ2n) is 6.74. The molecule has 1 saturated carbocycles. The van der Waals surface area contributed by atoms with E-state index in [2.05, 4.69) is 20.6 Å². The maximum atomic E-state index is 12.9. The Balaban J connectivity index is 0.00000104. The van der Waals surface area contributed by atoms with Crippen molar-refractivity contribution < 1.29 is 4.79 Å². The summed E-state index contributed by atoms with van der Waals surface area (Å²) in [6.45, 7) is 3.73. The fourth-order valence-electron chi connectivity index (χ4n) is 4.16. The molecule has 0 unspecified atom stereocenters. The first-order valence-corrected chi connectivity index (χ1v) is 8.16. The number of carbonyl (C=O) groups is 1. The van der Waals surface area contributed by atoms with E-state index in [4.69, 9.17) is 0 Å². The number of aromatic amines is 1. The van der Waals surface area contributed by atoms with Crippen molar-refractivity contribution in [2.24, 2.45) is 11.3 Å². The molecule has 4 rings (SSSR count). The summed E-state index contributed by atoms with van der Waals surface area (Å²) in [6, 6.07) is 5.87. The van der Waals surface area contributed by atoms with Gasteiger partial charge in [-0.1, -0.05) is 12.8 Å². The Morgan fingerprint density at radius 3 is 3.00 bits per heavy atom. The average molecular weight is 371 g/mol. The normalized spacial score (nSPS) is 25.5. The molecule has 2 aliphatic rings. The standard InChI is InChI=1S/C17H22N4O.2ClH/c1-11-19-14-6-5-13(8-15(14)20-11)21-16(22)17-7-3-2-4-12(17)9-18-10-17;;/h5-6,8,12,18H,2-4,7,9-10H2,1H3,(H,19,20)(H,21,22);2*1H/t12-,17+;;/m0../s1. The van der Waals surface area contributed by atoms with Crippen LogP contribution in [0.15, 0.2) is 18.2 Å². The predicted octanol–water partition coefficient (Wildman–Crippen LogP) is 3.43. The molecular formula is C17H24Cl2N4O. The van der Waals surface area contributed by atoms with Gasteiger partial charge in [0, 0.05) is 12.2 Å². The van der Waals surface area contributed by atoms with Crippen molar-refractivity contribution in [1.29, 1.82) is 0 Å². The van der Waals surface area contributed by atoms with Crippen molar-refractivity contribution >= 4 is 47.4 Å². The highest BCUT2D eigenvalue weighted by Crippen LogP contribution is 2.44. The minimum Gasteiger partial charge on any atom is -0.342 e. The highest BCUT2D eigenvalue weighted by Gasteiger charge is 2.49. The lowest BCUT2D eigenvalue weighted by Gasteiger charge is -2.37. The minimum absolute atomic E-state index is 0. The summed E-state index contributed by atoms with van der Waals surface area (Å²) in [4.78, 5) is 20.6. The van der Waals surface area contributed by atoms with E-state index in [0.29, 0.717) is 5.92 Å². The number of rotatable bonds is 2. The van der Waals surface area contributed by atoms with Gasteiger partial charge in [-0.25, -0.2) is 4.98 Å². The largest absolute Gasteiger partial charge is 0.342 e. The number of aromatic nitrogens is 2. The van der Waals surface area contributed by atoms with Crippen molar-refractivity contribution in [3.63, 3.8) is 0 Å².